The van der Waals surface area contributed by atoms with Crippen LogP contribution in [0.3, 0.4) is 0 Å². The number of hydrogen-bond donors (Lipinski definition) is 1. The predicted octanol–water partition coefficient (Wildman–Crippen LogP) is 2.95. The summed E-state index contributed by atoms with van der Waals surface area (Å²) in [5, 5.41) is 0. The standard InChI is InChI=1S/C14H23N3O/c1-7(2)10-11(8(3)4)16-14(9(5)6)17-12(10)13(15)18/h7-9H,1-6H3,(H2,15,18). The minimum absolute atomic E-state index is 0.182. The predicted molar refractivity (Wildman–Crippen MR) is 72.8 cm³/mol. The summed E-state index contributed by atoms with van der Waals surface area (Å²) in [6, 6.07) is 0. The quantitative estimate of drug-likeness (QED) is 0.892. The Labute approximate surface area is 109 Å². The molecule has 0 fully saturated rings. The molecule has 1 rings (SSSR count). The summed E-state index contributed by atoms with van der Waals surface area (Å²) in [7, 11) is 0. The fraction of sp³-hybridized carbons (Fsp3) is 0.643. The zero-order valence-corrected chi connectivity index (χ0v) is 12.1. The fourth-order valence-corrected chi connectivity index (χ4v) is 1.96. The molecule has 0 radical (unpaired) electrons. The Balaban J connectivity index is 3.60. The molecule has 0 atom stereocenters. The van der Waals surface area contributed by atoms with Gasteiger partial charge >= 0.3 is 0 Å². The van der Waals surface area contributed by atoms with Crippen molar-refractivity contribution >= 4 is 5.91 Å². The van der Waals surface area contributed by atoms with Crippen LogP contribution in [0.1, 0.15) is 86.9 Å². The molecule has 0 aromatic carbocycles. The first-order valence-electron chi connectivity index (χ1n) is 6.47. The van der Waals surface area contributed by atoms with Crippen molar-refractivity contribution in [1.29, 1.82) is 0 Å². The molecule has 1 heterocycles. The molecule has 1 aromatic heterocycles. The average molecular weight is 249 g/mol. The zero-order valence-electron chi connectivity index (χ0n) is 12.1. The van der Waals surface area contributed by atoms with Gasteiger partial charge in [0.1, 0.15) is 11.5 Å². The van der Waals surface area contributed by atoms with Crippen LogP contribution in [0.2, 0.25) is 0 Å². The van der Waals surface area contributed by atoms with Crippen LogP contribution in [0, 0.1) is 0 Å². The van der Waals surface area contributed by atoms with Crippen LogP contribution in [0.4, 0.5) is 0 Å². The maximum atomic E-state index is 11.6. The summed E-state index contributed by atoms with van der Waals surface area (Å²) < 4.78 is 0. The number of carbonyl (C=O) groups is 1. The highest BCUT2D eigenvalue weighted by Gasteiger charge is 2.22. The molecule has 4 heteroatoms. The van der Waals surface area contributed by atoms with E-state index in [1.54, 1.807) is 0 Å². The maximum absolute atomic E-state index is 11.6. The number of nitrogens with two attached hydrogens (primary N) is 1. The van der Waals surface area contributed by atoms with E-state index in [0.29, 0.717) is 11.5 Å². The third-order valence-electron chi connectivity index (χ3n) is 2.87. The Morgan fingerprint density at radius 3 is 1.83 bits per heavy atom. The third kappa shape index (κ3) is 2.86. The summed E-state index contributed by atoms with van der Waals surface area (Å²) in [5.41, 5.74) is 7.68. The van der Waals surface area contributed by atoms with E-state index in [9.17, 15) is 4.79 Å². The summed E-state index contributed by atoms with van der Waals surface area (Å²) in [6.07, 6.45) is 0. The topological polar surface area (TPSA) is 68.9 Å². The summed E-state index contributed by atoms with van der Waals surface area (Å²) in [6.45, 7) is 12.2. The molecule has 0 saturated heterocycles. The Hall–Kier alpha value is -1.45. The normalized spacial score (nSPS) is 11.6. The molecule has 0 aliphatic carbocycles. The molecular formula is C14H23N3O. The fourth-order valence-electron chi connectivity index (χ4n) is 1.96. The molecule has 4 nitrogen and oxygen atoms in total. The third-order valence-corrected chi connectivity index (χ3v) is 2.87. The van der Waals surface area contributed by atoms with Crippen LogP contribution >= 0.6 is 0 Å². The van der Waals surface area contributed by atoms with Gasteiger partial charge in [0.25, 0.3) is 5.91 Å². The van der Waals surface area contributed by atoms with Crippen molar-refractivity contribution in [3.05, 3.63) is 22.8 Å². The number of aromatic nitrogens is 2. The van der Waals surface area contributed by atoms with E-state index in [1.165, 1.54) is 0 Å². The Morgan fingerprint density at radius 1 is 0.944 bits per heavy atom. The van der Waals surface area contributed by atoms with Gasteiger partial charge in [0.2, 0.25) is 0 Å². The van der Waals surface area contributed by atoms with Crippen molar-refractivity contribution in [3.63, 3.8) is 0 Å². The van der Waals surface area contributed by atoms with Crippen molar-refractivity contribution in [2.45, 2.75) is 59.3 Å². The Morgan fingerprint density at radius 2 is 1.50 bits per heavy atom. The van der Waals surface area contributed by atoms with Crippen LogP contribution in [-0.2, 0) is 0 Å². The van der Waals surface area contributed by atoms with Crippen LogP contribution in [0.25, 0.3) is 0 Å². The van der Waals surface area contributed by atoms with Gasteiger partial charge in [-0.05, 0) is 11.8 Å². The Kier molecular flexibility index (Phi) is 4.43. The summed E-state index contributed by atoms with van der Waals surface area (Å²) in [5.74, 6) is 0.843. The first-order valence-corrected chi connectivity index (χ1v) is 6.47. The smallest absolute Gasteiger partial charge is 0.267 e. The number of nitrogens with zero attached hydrogens (tertiary/aromatic N) is 2. The van der Waals surface area contributed by atoms with Gasteiger partial charge in [0.15, 0.2) is 0 Å². The highest BCUT2D eigenvalue weighted by Crippen LogP contribution is 2.28. The average Bonchev–Trinajstić information content (AvgIpc) is 2.26. The molecule has 0 aliphatic heterocycles. The van der Waals surface area contributed by atoms with Crippen LogP contribution in [0.15, 0.2) is 0 Å². The molecule has 100 valence electrons. The van der Waals surface area contributed by atoms with Gasteiger partial charge in [-0.15, -0.1) is 0 Å². The monoisotopic (exact) mass is 249 g/mol. The number of carbonyl (C=O) groups excluding carboxylic acids is 1. The second kappa shape index (κ2) is 5.46. The lowest BCUT2D eigenvalue weighted by atomic mass is 9.93. The van der Waals surface area contributed by atoms with Gasteiger partial charge in [0.05, 0.1) is 5.69 Å². The molecular weight excluding hydrogens is 226 g/mol. The zero-order chi connectivity index (χ0) is 14.0. The van der Waals surface area contributed by atoms with Crippen molar-refractivity contribution in [2.24, 2.45) is 5.73 Å². The van der Waals surface area contributed by atoms with Crippen molar-refractivity contribution in [1.82, 2.24) is 9.97 Å². The molecule has 18 heavy (non-hydrogen) atoms. The molecule has 2 N–H and O–H groups in total. The van der Waals surface area contributed by atoms with E-state index in [0.717, 1.165) is 11.3 Å². The van der Waals surface area contributed by atoms with Gasteiger partial charge in [-0.2, -0.15) is 0 Å². The second-order valence-electron chi connectivity index (χ2n) is 5.56. The van der Waals surface area contributed by atoms with Crippen LogP contribution in [-0.4, -0.2) is 15.9 Å². The van der Waals surface area contributed by atoms with Crippen molar-refractivity contribution in [2.75, 3.05) is 0 Å². The van der Waals surface area contributed by atoms with Gasteiger partial charge < -0.3 is 5.73 Å². The minimum Gasteiger partial charge on any atom is -0.364 e. The molecule has 1 aromatic rings. The van der Waals surface area contributed by atoms with Crippen LogP contribution in [0.5, 0.6) is 0 Å². The van der Waals surface area contributed by atoms with Crippen molar-refractivity contribution < 1.29 is 4.79 Å². The molecule has 1 amide bonds. The SMILES string of the molecule is CC(C)c1nc(C(N)=O)c(C(C)C)c(C(C)C)n1. The van der Waals surface area contributed by atoms with Crippen molar-refractivity contribution in [3.8, 4) is 0 Å². The maximum Gasteiger partial charge on any atom is 0.267 e. The van der Waals surface area contributed by atoms with E-state index in [1.807, 2.05) is 27.7 Å². The highest BCUT2D eigenvalue weighted by molar-refractivity contribution is 5.92. The first-order chi connectivity index (χ1) is 8.25. The molecule has 0 spiro atoms. The summed E-state index contributed by atoms with van der Waals surface area (Å²) in [4.78, 5) is 20.6. The summed E-state index contributed by atoms with van der Waals surface area (Å²) >= 11 is 0. The van der Waals surface area contributed by atoms with E-state index >= 15 is 0 Å². The highest BCUT2D eigenvalue weighted by atomic mass is 16.1. The van der Waals surface area contributed by atoms with Gasteiger partial charge in [-0.25, -0.2) is 9.97 Å². The number of hydrogen-bond acceptors (Lipinski definition) is 3. The Bertz CT molecular complexity index is 451. The van der Waals surface area contributed by atoms with Gasteiger partial charge in [0, 0.05) is 11.5 Å². The lowest BCUT2D eigenvalue weighted by Crippen LogP contribution is -2.21. The van der Waals surface area contributed by atoms with E-state index in [4.69, 9.17) is 5.73 Å². The van der Waals surface area contributed by atoms with Gasteiger partial charge in [-0.3, -0.25) is 4.79 Å². The van der Waals surface area contributed by atoms with Crippen LogP contribution < -0.4 is 5.73 Å². The molecule has 0 aliphatic rings. The molecule has 0 unspecified atom stereocenters. The lowest BCUT2D eigenvalue weighted by molar-refractivity contribution is 0.0993. The number of rotatable bonds is 4. The molecule has 0 saturated carbocycles. The lowest BCUT2D eigenvalue weighted by Gasteiger charge is -2.19. The first kappa shape index (κ1) is 14.6. The van der Waals surface area contributed by atoms with E-state index in [2.05, 4.69) is 23.8 Å². The number of primary amides is 1. The number of amides is 1. The minimum atomic E-state index is -0.468. The van der Waals surface area contributed by atoms with Gasteiger partial charge in [-0.1, -0.05) is 41.5 Å². The van der Waals surface area contributed by atoms with E-state index < -0.39 is 5.91 Å². The molecule has 0 bridgehead atoms. The van der Waals surface area contributed by atoms with E-state index in [-0.39, 0.29) is 17.8 Å². The second-order valence-corrected chi connectivity index (χ2v) is 5.56. The largest absolute Gasteiger partial charge is 0.364 e.